The van der Waals surface area contributed by atoms with Gasteiger partial charge in [-0.25, -0.2) is 0 Å². The quantitative estimate of drug-likeness (QED) is 0.544. The zero-order valence-corrected chi connectivity index (χ0v) is 8.84. The molecular formula is C8H12N2OS2. The molecule has 0 atom stereocenters. The smallest absolute Gasteiger partial charge is 0.133 e. The standard InChI is InChI=1S/C8H12N2OS2/c11-7-3-1-6(2-4-7)9-8-5-12-13-10-8/h5-6,9-10H,1-4H2. The SMILES string of the molecule is O=C1CCC(NC2=CSSN2)CC1. The van der Waals surface area contributed by atoms with E-state index in [-0.39, 0.29) is 0 Å². The van der Waals surface area contributed by atoms with Crippen LogP contribution in [0.1, 0.15) is 25.7 Å². The number of nitrogens with one attached hydrogen (secondary N) is 2. The lowest BCUT2D eigenvalue weighted by Crippen LogP contribution is -2.34. The molecule has 1 fully saturated rings. The summed E-state index contributed by atoms with van der Waals surface area (Å²) in [6.07, 6.45) is 3.44. The number of hydrogen-bond acceptors (Lipinski definition) is 5. The van der Waals surface area contributed by atoms with E-state index in [1.807, 2.05) is 0 Å². The molecular weight excluding hydrogens is 204 g/mol. The lowest BCUT2D eigenvalue weighted by atomic mass is 9.94. The van der Waals surface area contributed by atoms with Crippen molar-refractivity contribution in [2.24, 2.45) is 0 Å². The molecule has 0 aromatic carbocycles. The second-order valence-corrected chi connectivity index (χ2v) is 5.15. The predicted molar refractivity (Wildman–Crippen MR) is 56.8 cm³/mol. The Kier molecular flexibility index (Phi) is 3.05. The normalized spacial score (nSPS) is 24.0. The summed E-state index contributed by atoms with van der Waals surface area (Å²) in [5.74, 6) is 1.50. The van der Waals surface area contributed by atoms with E-state index in [1.165, 1.54) is 0 Å². The average molecular weight is 216 g/mol. The van der Waals surface area contributed by atoms with Crippen molar-refractivity contribution in [3.63, 3.8) is 0 Å². The van der Waals surface area contributed by atoms with E-state index in [9.17, 15) is 4.79 Å². The molecule has 0 saturated heterocycles. The summed E-state index contributed by atoms with van der Waals surface area (Å²) in [6, 6.07) is 0.482. The highest BCUT2D eigenvalue weighted by Gasteiger charge is 2.19. The molecule has 0 radical (unpaired) electrons. The summed E-state index contributed by atoms with van der Waals surface area (Å²) in [7, 11) is 3.30. The van der Waals surface area contributed by atoms with Crippen LogP contribution in [0.3, 0.4) is 0 Å². The van der Waals surface area contributed by atoms with Gasteiger partial charge < -0.3 is 10.0 Å². The van der Waals surface area contributed by atoms with E-state index in [4.69, 9.17) is 0 Å². The minimum absolute atomic E-state index is 0.412. The summed E-state index contributed by atoms with van der Waals surface area (Å²) in [4.78, 5) is 11.0. The maximum atomic E-state index is 11.0. The molecule has 0 unspecified atom stereocenters. The Morgan fingerprint density at radius 2 is 2.23 bits per heavy atom. The first-order chi connectivity index (χ1) is 6.34. The van der Waals surface area contributed by atoms with Crippen LogP contribution in [0.4, 0.5) is 0 Å². The molecule has 13 heavy (non-hydrogen) atoms. The molecule has 0 amide bonds. The Labute approximate surface area is 85.6 Å². The van der Waals surface area contributed by atoms with Crippen LogP contribution in [0, 0.1) is 0 Å². The first-order valence-corrected chi connectivity index (χ1v) is 6.62. The van der Waals surface area contributed by atoms with Crippen molar-refractivity contribution in [1.29, 1.82) is 0 Å². The van der Waals surface area contributed by atoms with Crippen molar-refractivity contribution < 1.29 is 4.79 Å². The van der Waals surface area contributed by atoms with Crippen molar-refractivity contribution in [2.75, 3.05) is 0 Å². The van der Waals surface area contributed by atoms with Crippen LogP contribution < -0.4 is 10.0 Å². The Hall–Kier alpha value is -0.290. The number of carbonyl (C=O) groups is 1. The van der Waals surface area contributed by atoms with Gasteiger partial charge in [0.05, 0.1) is 0 Å². The van der Waals surface area contributed by atoms with E-state index >= 15 is 0 Å². The average Bonchev–Trinajstić information content (AvgIpc) is 2.62. The van der Waals surface area contributed by atoms with Gasteiger partial charge in [-0.1, -0.05) is 0 Å². The molecule has 2 aliphatic rings. The Morgan fingerprint density at radius 3 is 2.85 bits per heavy atom. The highest BCUT2D eigenvalue weighted by molar-refractivity contribution is 8.77. The van der Waals surface area contributed by atoms with Gasteiger partial charge in [-0.05, 0) is 23.6 Å². The number of hydrogen-bond donors (Lipinski definition) is 2. The fraction of sp³-hybridized carbons (Fsp3) is 0.625. The van der Waals surface area contributed by atoms with Crippen molar-refractivity contribution in [3.8, 4) is 0 Å². The molecule has 2 rings (SSSR count). The van der Waals surface area contributed by atoms with Crippen molar-refractivity contribution in [3.05, 3.63) is 11.2 Å². The lowest BCUT2D eigenvalue weighted by molar-refractivity contribution is -0.120. The Morgan fingerprint density at radius 1 is 1.46 bits per heavy atom. The molecule has 5 heteroatoms. The highest BCUT2D eigenvalue weighted by atomic mass is 33.1. The number of rotatable bonds is 2. The highest BCUT2D eigenvalue weighted by Crippen LogP contribution is 2.28. The van der Waals surface area contributed by atoms with Gasteiger partial charge in [0.1, 0.15) is 11.6 Å². The maximum Gasteiger partial charge on any atom is 0.133 e. The molecule has 0 aromatic rings. The second kappa shape index (κ2) is 4.28. The van der Waals surface area contributed by atoms with Crippen LogP contribution in [-0.2, 0) is 4.79 Å². The molecule has 72 valence electrons. The zero-order valence-electron chi connectivity index (χ0n) is 7.21. The minimum Gasteiger partial charge on any atom is -0.368 e. The topological polar surface area (TPSA) is 41.1 Å². The molecule has 1 aliphatic heterocycles. The van der Waals surface area contributed by atoms with Gasteiger partial charge in [0.2, 0.25) is 0 Å². The number of carbonyl (C=O) groups excluding carboxylic acids is 1. The third-order valence-electron chi connectivity index (χ3n) is 2.27. The zero-order chi connectivity index (χ0) is 9.10. The van der Waals surface area contributed by atoms with Crippen LogP contribution in [0.5, 0.6) is 0 Å². The van der Waals surface area contributed by atoms with E-state index < -0.39 is 0 Å². The van der Waals surface area contributed by atoms with Crippen LogP contribution in [0.15, 0.2) is 11.2 Å². The van der Waals surface area contributed by atoms with Gasteiger partial charge in [-0.3, -0.25) is 4.79 Å². The molecule has 1 heterocycles. The Bertz CT molecular complexity index is 232. The van der Waals surface area contributed by atoms with Crippen molar-refractivity contribution in [2.45, 2.75) is 31.7 Å². The van der Waals surface area contributed by atoms with Crippen LogP contribution >= 0.6 is 21.8 Å². The third kappa shape index (κ3) is 2.57. The van der Waals surface area contributed by atoms with Gasteiger partial charge in [-0.15, -0.1) is 0 Å². The molecule has 0 bridgehead atoms. The van der Waals surface area contributed by atoms with Gasteiger partial charge >= 0.3 is 0 Å². The van der Waals surface area contributed by atoms with Crippen LogP contribution in [0.2, 0.25) is 0 Å². The first kappa shape index (κ1) is 9.27. The summed E-state index contributed by atoms with van der Waals surface area (Å²) in [5.41, 5.74) is 0. The number of Topliss-reactive ketones (excluding diaryl/α,β-unsaturated/α-hetero) is 1. The van der Waals surface area contributed by atoms with Gasteiger partial charge in [0.25, 0.3) is 0 Å². The maximum absolute atomic E-state index is 11.0. The van der Waals surface area contributed by atoms with E-state index in [0.29, 0.717) is 11.8 Å². The fourth-order valence-electron chi connectivity index (χ4n) is 1.53. The molecule has 2 N–H and O–H groups in total. The summed E-state index contributed by atoms with van der Waals surface area (Å²) >= 11 is 0. The van der Waals surface area contributed by atoms with Gasteiger partial charge in [-0.2, -0.15) is 0 Å². The molecule has 0 aromatic heterocycles. The van der Waals surface area contributed by atoms with E-state index in [2.05, 4.69) is 15.4 Å². The van der Waals surface area contributed by atoms with E-state index in [0.717, 1.165) is 31.5 Å². The molecule has 1 saturated carbocycles. The monoisotopic (exact) mass is 216 g/mol. The van der Waals surface area contributed by atoms with E-state index in [1.54, 1.807) is 21.8 Å². The number of ketones is 1. The third-order valence-corrected chi connectivity index (χ3v) is 3.83. The summed E-state index contributed by atoms with van der Waals surface area (Å²) in [6.45, 7) is 0. The molecule has 1 aliphatic carbocycles. The fourth-order valence-corrected chi connectivity index (χ4v) is 2.98. The molecule has 0 spiro atoms. The second-order valence-electron chi connectivity index (χ2n) is 3.27. The molecule has 3 nitrogen and oxygen atoms in total. The van der Waals surface area contributed by atoms with Gasteiger partial charge in [0, 0.05) is 35.3 Å². The largest absolute Gasteiger partial charge is 0.368 e. The van der Waals surface area contributed by atoms with Crippen LogP contribution in [0.25, 0.3) is 0 Å². The summed E-state index contributed by atoms with van der Waals surface area (Å²) < 4.78 is 3.16. The first-order valence-electron chi connectivity index (χ1n) is 4.41. The van der Waals surface area contributed by atoms with Crippen LogP contribution in [-0.4, -0.2) is 11.8 Å². The summed E-state index contributed by atoms with van der Waals surface area (Å²) in [5, 5.41) is 5.46. The predicted octanol–water partition coefficient (Wildman–Crippen LogP) is 1.79. The van der Waals surface area contributed by atoms with Gasteiger partial charge in [0.15, 0.2) is 0 Å². The van der Waals surface area contributed by atoms with Crippen molar-refractivity contribution in [1.82, 2.24) is 10.0 Å². The Balaban J connectivity index is 1.78. The minimum atomic E-state index is 0.412. The lowest BCUT2D eigenvalue weighted by Gasteiger charge is -2.23. The van der Waals surface area contributed by atoms with Crippen molar-refractivity contribution >= 4 is 27.6 Å².